The van der Waals surface area contributed by atoms with E-state index in [-0.39, 0.29) is 21.8 Å². The fraction of sp³-hybridized carbons (Fsp3) is 0. The third-order valence-electron chi connectivity index (χ3n) is 3.13. The molecule has 0 heterocycles. The Kier molecular flexibility index (Phi) is 5.47. The summed E-state index contributed by atoms with van der Waals surface area (Å²) in [7, 11) is 0. The van der Waals surface area contributed by atoms with E-state index in [0.29, 0.717) is 11.3 Å². The van der Waals surface area contributed by atoms with Gasteiger partial charge in [0.1, 0.15) is 22.7 Å². The quantitative estimate of drug-likeness (QED) is 0.507. The number of allylic oxidation sites excluding steroid dienone is 1. The van der Waals surface area contributed by atoms with Gasteiger partial charge in [0.05, 0.1) is 4.92 Å². The molecular weight excluding hydrogens is 344 g/mol. The predicted octanol–water partition coefficient (Wildman–Crippen LogP) is 3.93. The number of amides is 1. The number of hydrogen-bond donors (Lipinski definition) is 1. The standard InChI is InChI=1S/C17H9ClN4O3/c18-15-6-3-13(8-16(15)22(24)25)17(23)21-14-4-1-11(2-5-14)7-12(9-19)10-20/h1-8H,(H,21,23). The second-order valence-corrected chi connectivity index (χ2v) is 5.19. The van der Waals surface area contributed by atoms with Crippen LogP contribution in [0.2, 0.25) is 5.02 Å². The topological polar surface area (TPSA) is 120 Å². The van der Waals surface area contributed by atoms with E-state index in [1.54, 1.807) is 36.4 Å². The van der Waals surface area contributed by atoms with Gasteiger partial charge in [-0.25, -0.2) is 0 Å². The van der Waals surface area contributed by atoms with Gasteiger partial charge >= 0.3 is 0 Å². The first-order valence-corrected chi connectivity index (χ1v) is 7.19. The number of carbonyl (C=O) groups excluding carboxylic acids is 1. The fourth-order valence-corrected chi connectivity index (χ4v) is 2.10. The second-order valence-electron chi connectivity index (χ2n) is 4.78. The summed E-state index contributed by atoms with van der Waals surface area (Å²) >= 11 is 5.71. The van der Waals surface area contributed by atoms with E-state index in [4.69, 9.17) is 22.1 Å². The van der Waals surface area contributed by atoms with Gasteiger partial charge in [-0.05, 0) is 35.9 Å². The summed E-state index contributed by atoms with van der Waals surface area (Å²) in [5.74, 6) is -0.530. The van der Waals surface area contributed by atoms with Crippen molar-refractivity contribution in [3.63, 3.8) is 0 Å². The van der Waals surface area contributed by atoms with Crippen molar-refractivity contribution < 1.29 is 9.72 Å². The highest BCUT2D eigenvalue weighted by Crippen LogP contribution is 2.25. The molecule has 1 amide bonds. The molecule has 0 saturated carbocycles. The van der Waals surface area contributed by atoms with Gasteiger partial charge in [-0.3, -0.25) is 14.9 Å². The largest absolute Gasteiger partial charge is 0.322 e. The summed E-state index contributed by atoms with van der Waals surface area (Å²) in [6.45, 7) is 0. The number of carbonyl (C=O) groups is 1. The molecule has 0 aliphatic carbocycles. The van der Waals surface area contributed by atoms with E-state index >= 15 is 0 Å². The second kappa shape index (κ2) is 7.73. The van der Waals surface area contributed by atoms with Gasteiger partial charge in [0.15, 0.2) is 0 Å². The molecule has 0 aromatic heterocycles. The molecule has 0 unspecified atom stereocenters. The Morgan fingerprint density at radius 3 is 2.36 bits per heavy atom. The number of hydrogen-bond acceptors (Lipinski definition) is 5. The van der Waals surface area contributed by atoms with Gasteiger partial charge < -0.3 is 5.32 Å². The number of rotatable bonds is 4. The molecule has 8 heteroatoms. The zero-order chi connectivity index (χ0) is 18.4. The summed E-state index contributed by atoms with van der Waals surface area (Å²) in [6, 6.07) is 13.7. The predicted molar refractivity (Wildman–Crippen MR) is 91.7 cm³/mol. The van der Waals surface area contributed by atoms with Crippen LogP contribution in [0, 0.1) is 32.8 Å². The molecule has 0 atom stereocenters. The minimum absolute atomic E-state index is 0.0368. The van der Waals surface area contributed by atoms with E-state index < -0.39 is 10.8 Å². The highest BCUT2D eigenvalue weighted by Gasteiger charge is 2.16. The maximum Gasteiger partial charge on any atom is 0.288 e. The van der Waals surface area contributed by atoms with E-state index in [2.05, 4.69) is 5.32 Å². The van der Waals surface area contributed by atoms with Crippen molar-refractivity contribution in [2.45, 2.75) is 0 Å². The molecule has 25 heavy (non-hydrogen) atoms. The van der Waals surface area contributed by atoms with Crippen molar-refractivity contribution >= 4 is 35.0 Å². The normalized spacial score (nSPS) is 9.40. The molecule has 0 radical (unpaired) electrons. The number of anilines is 1. The Hall–Kier alpha value is -3.68. The van der Waals surface area contributed by atoms with Gasteiger partial charge in [-0.2, -0.15) is 10.5 Å². The van der Waals surface area contributed by atoms with Crippen molar-refractivity contribution in [3.8, 4) is 12.1 Å². The minimum atomic E-state index is -0.664. The van der Waals surface area contributed by atoms with Crippen LogP contribution in [0.4, 0.5) is 11.4 Å². The summed E-state index contributed by atoms with van der Waals surface area (Å²) in [6.07, 6.45) is 1.41. The van der Waals surface area contributed by atoms with Crippen LogP contribution in [0.1, 0.15) is 15.9 Å². The Morgan fingerprint density at radius 1 is 1.16 bits per heavy atom. The molecule has 0 fully saturated rings. The highest BCUT2D eigenvalue weighted by molar-refractivity contribution is 6.32. The Morgan fingerprint density at radius 2 is 1.80 bits per heavy atom. The lowest BCUT2D eigenvalue weighted by Crippen LogP contribution is -2.12. The van der Waals surface area contributed by atoms with Crippen LogP contribution in [-0.2, 0) is 0 Å². The number of nitriles is 2. The first-order chi connectivity index (χ1) is 11.9. The van der Waals surface area contributed by atoms with Gasteiger partial charge in [-0.15, -0.1) is 0 Å². The molecule has 0 bridgehead atoms. The monoisotopic (exact) mass is 352 g/mol. The maximum absolute atomic E-state index is 12.2. The van der Waals surface area contributed by atoms with Gasteiger partial charge in [-0.1, -0.05) is 23.7 Å². The minimum Gasteiger partial charge on any atom is -0.322 e. The third-order valence-corrected chi connectivity index (χ3v) is 3.45. The van der Waals surface area contributed by atoms with Crippen LogP contribution >= 0.6 is 11.6 Å². The molecule has 2 rings (SSSR count). The van der Waals surface area contributed by atoms with Gasteiger partial charge in [0.25, 0.3) is 11.6 Å². The van der Waals surface area contributed by atoms with Crippen molar-refractivity contribution in [3.05, 3.63) is 74.3 Å². The van der Waals surface area contributed by atoms with E-state index in [1.807, 2.05) is 0 Å². The Labute approximate surface area is 147 Å². The molecule has 1 N–H and O–H groups in total. The number of nitro groups is 1. The van der Waals surface area contributed by atoms with Crippen LogP contribution in [0.15, 0.2) is 48.0 Å². The van der Waals surface area contributed by atoms with Crippen molar-refractivity contribution in [1.29, 1.82) is 10.5 Å². The molecule has 0 saturated heterocycles. The lowest BCUT2D eigenvalue weighted by atomic mass is 10.1. The smallest absolute Gasteiger partial charge is 0.288 e. The van der Waals surface area contributed by atoms with Crippen LogP contribution < -0.4 is 5.32 Å². The average Bonchev–Trinajstić information content (AvgIpc) is 2.61. The highest BCUT2D eigenvalue weighted by atomic mass is 35.5. The molecule has 0 aliphatic heterocycles. The molecule has 0 aliphatic rings. The first kappa shape index (κ1) is 17.7. The van der Waals surface area contributed by atoms with Crippen LogP contribution in [0.5, 0.6) is 0 Å². The van der Waals surface area contributed by atoms with Gasteiger partial charge in [0.2, 0.25) is 0 Å². The van der Waals surface area contributed by atoms with Crippen LogP contribution in [-0.4, -0.2) is 10.8 Å². The fourth-order valence-electron chi connectivity index (χ4n) is 1.92. The number of nitrogens with one attached hydrogen (secondary N) is 1. The number of nitrogens with zero attached hydrogens (tertiary/aromatic N) is 3. The summed E-state index contributed by atoms with van der Waals surface area (Å²) in [5.41, 5.74) is 0.783. The Balaban J connectivity index is 2.18. The zero-order valence-electron chi connectivity index (χ0n) is 12.6. The third kappa shape index (κ3) is 4.41. The number of nitro benzene ring substituents is 1. The molecule has 0 spiro atoms. The van der Waals surface area contributed by atoms with E-state index in [0.717, 1.165) is 6.07 Å². The summed E-state index contributed by atoms with van der Waals surface area (Å²) in [4.78, 5) is 22.4. The van der Waals surface area contributed by atoms with Crippen molar-refractivity contribution in [2.24, 2.45) is 0 Å². The molecular formula is C17H9ClN4O3. The lowest BCUT2D eigenvalue weighted by Gasteiger charge is -2.06. The lowest BCUT2D eigenvalue weighted by molar-refractivity contribution is -0.384. The van der Waals surface area contributed by atoms with E-state index in [1.165, 1.54) is 18.2 Å². The van der Waals surface area contributed by atoms with Crippen molar-refractivity contribution in [1.82, 2.24) is 0 Å². The average molecular weight is 353 g/mol. The van der Waals surface area contributed by atoms with Crippen LogP contribution in [0.3, 0.4) is 0 Å². The molecule has 122 valence electrons. The van der Waals surface area contributed by atoms with Crippen LogP contribution in [0.25, 0.3) is 6.08 Å². The summed E-state index contributed by atoms with van der Waals surface area (Å²) in [5, 5.41) is 30.8. The molecule has 2 aromatic carbocycles. The summed E-state index contributed by atoms with van der Waals surface area (Å²) < 4.78 is 0. The molecule has 2 aromatic rings. The number of benzene rings is 2. The Bertz CT molecular complexity index is 937. The molecule has 7 nitrogen and oxygen atoms in total. The first-order valence-electron chi connectivity index (χ1n) is 6.82. The van der Waals surface area contributed by atoms with Gasteiger partial charge in [0, 0.05) is 17.3 Å². The number of halogens is 1. The zero-order valence-corrected chi connectivity index (χ0v) is 13.3. The van der Waals surface area contributed by atoms with Crippen molar-refractivity contribution in [2.75, 3.05) is 5.32 Å². The maximum atomic E-state index is 12.2. The SMILES string of the molecule is N#CC(C#N)=Cc1ccc(NC(=O)c2ccc(Cl)c([N+](=O)[O-])c2)cc1. The van der Waals surface area contributed by atoms with E-state index in [9.17, 15) is 14.9 Å².